The monoisotopic (exact) mass is 403 g/mol. The van der Waals surface area contributed by atoms with E-state index < -0.39 is 0 Å². The van der Waals surface area contributed by atoms with Crippen molar-refractivity contribution in [2.75, 3.05) is 13.7 Å². The van der Waals surface area contributed by atoms with Gasteiger partial charge in [-0.05, 0) is 64.9 Å². The van der Waals surface area contributed by atoms with Crippen LogP contribution < -0.4 is 9.47 Å². The molecule has 0 fully saturated rings. The Labute approximate surface area is 176 Å². The van der Waals surface area contributed by atoms with Crippen LogP contribution >= 0.6 is 0 Å². The number of fused-ring (bicyclic) bond motifs is 4. The maximum Gasteiger partial charge on any atom is 0.161 e. The minimum absolute atomic E-state index is 0.173. The minimum atomic E-state index is 0.173. The van der Waals surface area contributed by atoms with Crippen molar-refractivity contribution in [3.05, 3.63) is 82.4 Å². The average Bonchev–Trinajstić information content (AvgIpc) is 2.77. The highest BCUT2D eigenvalue weighted by molar-refractivity contribution is 5.52. The van der Waals surface area contributed by atoms with E-state index in [2.05, 4.69) is 4.90 Å². The van der Waals surface area contributed by atoms with E-state index in [9.17, 15) is 10.2 Å². The van der Waals surface area contributed by atoms with Crippen molar-refractivity contribution in [1.29, 1.82) is 0 Å². The van der Waals surface area contributed by atoms with Gasteiger partial charge in [-0.1, -0.05) is 30.3 Å². The largest absolute Gasteiger partial charge is 0.504 e. The molecule has 0 radical (unpaired) electrons. The fraction of sp³-hybridized carbons (Fsp3) is 0.280. The highest BCUT2D eigenvalue weighted by Crippen LogP contribution is 2.44. The summed E-state index contributed by atoms with van der Waals surface area (Å²) in [6.45, 7) is 2.17. The van der Waals surface area contributed by atoms with Gasteiger partial charge >= 0.3 is 0 Å². The first kappa shape index (κ1) is 18.8. The standard InChI is InChI=1S/C25H25NO4/c1-29-24-11-17-7-8-26-14-19-12-25(30-15-16-5-3-2-4-6-16)22(27)10-18(19)9-21(26)20(17)13-23(24)28/h2-6,10-13,21,27-28H,7-9,14-15H2,1H3. The topological polar surface area (TPSA) is 62.2 Å². The molecule has 0 amide bonds. The zero-order chi connectivity index (χ0) is 20.7. The Balaban J connectivity index is 1.41. The average molecular weight is 403 g/mol. The molecular formula is C25H25NO4. The van der Waals surface area contributed by atoms with E-state index in [1.807, 2.05) is 54.6 Å². The second-order valence-electron chi connectivity index (χ2n) is 8.03. The zero-order valence-electron chi connectivity index (χ0n) is 17.0. The molecule has 0 saturated carbocycles. The van der Waals surface area contributed by atoms with Crippen LogP contribution in [0.2, 0.25) is 0 Å². The first-order chi connectivity index (χ1) is 14.6. The number of hydrogen-bond acceptors (Lipinski definition) is 5. The Kier molecular flexibility index (Phi) is 4.75. The smallest absolute Gasteiger partial charge is 0.161 e. The first-order valence-electron chi connectivity index (χ1n) is 10.3. The van der Waals surface area contributed by atoms with Gasteiger partial charge in [-0.15, -0.1) is 0 Å². The summed E-state index contributed by atoms with van der Waals surface area (Å²) in [6.07, 6.45) is 1.72. The predicted molar refractivity (Wildman–Crippen MR) is 114 cm³/mol. The van der Waals surface area contributed by atoms with Gasteiger partial charge in [0.2, 0.25) is 0 Å². The Hall–Kier alpha value is -3.18. The molecule has 3 aromatic rings. The van der Waals surface area contributed by atoms with Crippen LogP contribution in [-0.4, -0.2) is 28.8 Å². The number of ether oxygens (including phenoxy) is 2. The molecule has 5 nitrogen and oxygen atoms in total. The molecule has 1 unspecified atom stereocenters. The summed E-state index contributed by atoms with van der Waals surface area (Å²) in [7, 11) is 1.58. The van der Waals surface area contributed by atoms with Gasteiger partial charge in [0.15, 0.2) is 23.0 Å². The van der Waals surface area contributed by atoms with E-state index in [0.717, 1.165) is 42.6 Å². The molecule has 5 heteroatoms. The summed E-state index contributed by atoms with van der Waals surface area (Å²) in [5.74, 6) is 1.40. The zero-order valence-corrected chi connectivity index (χ0v) is 17.0. The number of benzene rings is 3. The van der Waals surface area contributed by atoms with Gasteiger partial charge in [-0.3, -0.25) is 4.90 Å². The van der Waals surface area contributed by atoms with Crippen molar-refractivity contribution in [3.8, 4) is 23.0 Å². The van der Waals surface area contributed by atoms with E-state index in [-0.39, 0.29) is 17.5 Å². The number of hydrogen-bond donors (Lipinski definition) is 2. The lowest BCUT2D eigenvalue weighted by Gasteiger charge is -2.41. The van der Waals surface area contributed by atoms with Gasteiger partial charge in [-0.25, -0.2) is 0 Å². The molecule has 2 heterocycles. The second-order valence-corrected chi connectivity index (χ2v) is 8.03. The molecule has 0 aliphatic carbocycles. The van der Waals surface area contributed by atoms with Gasteiger partial charge in [0.1, 0.15) is 6.61 Å². The van der Waals surface area contributed by atoms with Crippen LogP contribution in [0.4, 0.5) is 0 Å². The molecule has 2 aliphatic heterocycles. The molecule has 0 aromatic heterocycles. The van der Waals surface area contributed by atoms with Crippen LogP contribution in [0.1, 0.15) is 33.9 Å². The SMILES string of the molecule is COc1cc2c(cc1O)C1Cc3cc(O)c(OCc4ccccc4)cc3CN1CC2. The number of phenols is 2. The minimum Gasteiger partial charge on any atom is -0.504 e. The molecule has 0 bridgehead atoms. The maximum atomic E-state index is 10.6. The predicted octanol–water partition coefficient (Wildman–Crippen LogP) is 4.34. The molecule has 2 aliphatic rings. The summed E-state index contributed by atoms with van der Waals surface area (Å²) in [5.41, 5.74) is 5.75. The third-order valence-electron chi connectivity index (χ3n) is 6.21. The Bertz CT molecular complexity index is 1080. The van der Waals surface area contributed by atoms with E-state index in [0.29, 0.717) is 18.1 Å². The first-order valence-corrected chi connectivity index (χ1v) is 10.3. The fourth-order valence-corrected chi connectivity index (χ4v) is 4.63. The summed E-state index contributed by atoms with van der Waals surface area (Å²) < 4.78 is 11.2. The Morgan fingerprint density at radius 3 is 2.50 bits per heavy atom. The van der Waals surface area contributed by atoms with Gasteiger partial charge in [0.05, 0.1) is 7.11 Å². The molecule has 154 valence electrons. The number of methoxy groups -OCH3 is 1. The number of aromatic hydroxyl groups is 2. The molecule has 2 N–H and O–H groups in total. The van der Waals surface area contributed by atoms with Crippen LogP contribution in [0.15, 0.2) is 54.6 Å². The normalized spacial score (nSPS) is 17.6. The highest BCUT2D eigenvalue weighted by Gasteiger charge is 2.33. The lowest BCUT2D eigenvalue weighted by Crippen LogP contribution is -2.39. The number of rotatable bonds is 4. The molecular weight excluding hydrogens is 378 g/mol. The van der Waals surface area contributed by atoms with Crippen LogP contribution in [-0.2, 0) is 26.0 Å². The van der Waals surface area contributed by atoms with Crippen molar-refractivity contribution in [2.24, 2.45) is 0 Å². The van der Waals surface area contributed by atoms with Crippen molar-refractivity contribution in [2.45, 2.75) is 32.0 Å². The van der Waals surface area contributed by atoms with Crippen LogP contribution in [0, 0.1) is 0 Å². The number of nitrogens with zero attached hydrogens (tertiary/aromatic N) is 1. The lowest BCUT2D eigenvalue weighted by atomic mass is 9.83. The van der Waals surface area contributed by atoms with Crippen molar-refractivity contribution >= 4 is 0 Å². The lowest BCUT2D eigenvalue weighted by molar-refractivity contribution is 0.159. The third kappa shape index (κ3) is 3.35. The fourth-order valence-electron chi connectivity index (χ4n) is 4.63. The van der Waals surface area contributed by atoms with Gasteiger partial charge < -0.3 is 19.7 Å². The Morgan fingerprint density at radius 2 is 1.70 bits per heavy atom. The van der Waals surface area contributed by atoms with Crippen LogP contribution in [0.25, 0.3) is 0 Å². The summed E-state index contributed by atoms with van der Waals surface area (Å²) in [5, 5.41) is 20.8. The van der Waals surface area contributed by atoms with E-state index in [1.54, 1.807) is 7.11 Å². The summed E-state index contributed by atoms with van der Waals surface area (Å²) >= 11 is 0. The van der Waals surface area contributed by atoms with Crippen molar-refractivity contribution in [3.63, 3.8) is 0 Å². The van der Waals surface area contributed by atoms with E-state index in [1.165, 1.54) is 11.1 Å². The van der Waals surface area contributed by atoms with Crippen molar-refractivity contribution < 1.29 is 19.7 Å². The second kappa shape index (κ2) is 7.58. The molecule has 0 saturated heterocycles. The maximum absolute atomic E-state index is 10.6. The molecule has 1 atom stereocenters. The van der Waals surface area contributed by atoms with Gasteiger partial charge in [-0.2, -0.15) is 0 Å². The summed E-state index contributed by atoms with van der Waals surface area (Å²) in [4.78, 5) is 2.44. The molecule has 3 aromatic carbocycles. The van der Waals surface area contributed by atoms with Gasteiger partial charge in [0, 0.05) is 19.1 Å². The van der Waals surface area contributed by atoms with E-state index in [4.69, 9.17) is 9.47 Å². The molecule has 0 spiro atoms. The van der Waals surface area contributed by atoms with Crippen LogP contribution in [0.3, 0.4) is 0 Å². The quantitative estimate of drug-likeness (QED) is 0.679. The third-order valence-corrected chi connectivity index (χ3v) is 6.21. The van der Waals surface area contributed by atoms with E-state index >= 15 is 0 Å². The van der Waals surface area contributed by atoms with Crippen LogP contribution in [0.5, 0.6) is 23.0 Å². The Morgan fingerprint density at radius 1 is 0.933 bits per heavy atom. The number of phenolic OH excluding ortho intramolecular Hbond substituents is 2. The summed E-state index contributed by atoms with van der Waals surface area (Å²) in [6, 6.07) is 17.8. The van der Waals surface area contributed by atoms with Gasteiger partial charge in [0.25, 0.3) is 0 Å². The molecule has 5 rings (SSSR count). The molecule has 30 heavy (non-hydrogen) atoms. The highest BCUT2D eigenvalue weighted by atomic mass is 16.5. The van der Waals surface area contributed by atoms with Crippen molar-refractivity contribution in [1.82, 2.24) is 4.90 Å².